The van der Waals surface area contributed by atoms with Crippen LogP contribution in [-0.2, 0) is 4.79 Å². The molecule has 2 aliphatic rings. The number of imide groups is 1. The largest absolute Gasteiger partial charge is 0.494 e. The molecule has 4 nitrogen and oxygen atoms in total. The van der Waals surface area contributed by atoms with Gasteiger partial charge in [0.25, 0.3) is 11.1 Å². The zero-order valence-electron chi connectivity index (χ0n) is 13.0. The Morgan fingerprint density at radius 3 is 2.52 bits per heavy atom. The summed E-state index contributed by atoms with van der Waals surface area (Å²) in [5.41, 5.74) is 0.886. The lowest BCUT2D eigenvalue weighted by Crippen LogP contribution is -2.17. The maximum atomic E-state index is 11.5. The van der Waals surface area contributed by atoms with Crippen molar-refractivity contribution in [1.29, 1.82) is 0 Å². The van der Waals surface area contributed by atoms with Crippen molar-refractivity contribution in [3.8, 4) is 5.75 Å². The fourth-order valence-electron chi connectivity index (χ4n) is 3.05. The van der Waals surface area contributed by atoms with Gasteiger partial charge in [0.2, 0.25) is 0 Å². The Kier molecular flexibility index (Phi) is 5.39. The summed E-state index contributed by atoms with van der Waals surface area (Å²) in [6, 6.07) is 7.62. The maximum absolute atomic E-state index is 11.5. The highest BCUT2D eigenvalue weighted by atomic mass is 32.2. The minimum absolute atomic E-state index is 0.316. The Morgan fingerprint density at radius 1 is 1.13 bits per heavy atom. The van der Waals surface area contributed by atoms with Crippen molar-refractivity contribution in [2.24, 2.45) is 5.92 Å². The lowest BCUT2D eigenvalue weighted by atomic mass is 9.87. The van der Waals surface area contributed by atoms with Crippen molar-refractivity contribution in [2.75, 3.05) is 6.61 Å². The summed E-state index contributed by atoms with van der Waals surface area (Å²) in [6.07, 6.45) is 9.64. The molecule has 1 aliphatic heterocycles. The molecule has 0 bridgehead atoms. The highest BCUT2D eigenvalue weighted by molar-refractivity contribution is 8.18. The molecule has 122 valence electrons. The second-order valence-corrected chi connectivity index (χ2v) is 7.08. The summed E-state index contributed by atoms with van der Waals surface area (Å²) in [5, 5.41) is 1.93. The lowest BCUT2D eigenvalue weighted by Gasteiger charge is -2.21. The molecule has 1 saturated heterocycles. The number of thioether (sulfide) groups is 1. The number of rotatable bonds is 5. The van der Waals surface area contributed by atoms with Crippen LogP contribution in [0, 0.1) is 5.92 Å². The van der Waals surface area contributed by atoms with Crippen LogP contribution in [0.15, 0.2) is 29.2 Å². The van der Waals surface area contributed by atoms with Gasteiger partial charge in [-0.1, -0.05) is 44.2 Å². The summed E-state index contributed by atoms with van der Waals surface area (Å²) in [5.74, 6) is 1.35. The van der Waals surface area contributed by atoms with Crippen molar-refractivity contribution in [2.45, 2.75) is 38.5 Å². The van der Waals surface area contributed by atoms with Gasteiger partial charge in [0, 0.05) is 0 Å². The summed E-state index contributed by atoms with van der Waals surface area (Å²) in [4.78, 5) is 23.1. The quantitative estimate of drug-likeness (QED) is 0.815. The van der Waals surface area contributed by atoms with Crippen LogP contribution in [0.3, 0.4) is 0 Å². The zero-order valence-corrected chi connectivity index (χ0v) is 13.9. The van der Waals surface area contributed by atoms with Gasteiger partial charge in [-0.25, -0.2) is 0 Å². The summed E-state index contributed by atoms with van der Waals surface area (Å²) < 4.78 is 5.81. The molecule has 0 unspecified atom stereocenters. The highest BCUT2D eigenvalue weighted by Crippen LogP contribution is 2.27. The molecule has 1 aromatic rings. The molecule has 5 heteroatoms. The van der Waals surface area contributed by atoms with E-state index in [2.05, 4.69) is 5.32 Å². The van der Waals surface area contributed by atoms with Gasteiger partial charge in [-0.2, -0.15) is 0 Å². The molecule has 0 radical (unpaired) electrons. The second-order valence-electron chi connectivity index (χ2n) is 6.06. The molecule has 1 saturated carbocycles. The SMILES string of the molecule is O=C1NC(=O)/C(=C/c2ccc(OCCC3CCCCC3)cc2)S1. The highest BCUT2D eigenvalue weighted by Gasteiger charge is 2.24. The summed E-state index contributed by atoms with van der Waals surface area (Å²) >= 11 is 0.933. The standard InChI is InChI=1S/C18H21NO3S/c20-17-16(23-18(21)19-17)12-14-6-8-15(9-7-14)22-11-10-13-4-2-1-3-5-13/h6-9,12-13H,1-5,10-11H2,(H,19,20,21)/b16-12-. The van der Waals surface area contributed by atoms with Crippen LogP contribution >= 0.6 is 11.8 Å². The molecular weight excluding hydrogens is 310 g/mol. The molecule has 2 amide bonds. The lowest BCUT2D eigenvalue weighted by molar-refractivity contribution is -0.115. The third kappa shape index (κ3) is 4.61. The van der Waals surface area contributed by atoms with Crippen molar-refractivity contribution in [1.82, 2.24) is 5.32 Å². The van der Waals surface area contributed by atoms with Crippen LogP contribution in [0.4, 0.5) is 4.79 Å². The van der Waals surface area contributed by atoms with Gasteiger partial charge in [0.05, 0.1) is 11.5 Å². The topological polar surface area (TPSA) is 55.4 Å². The fraction of sp³-hybridized carbons (Fsp3) is 0.444. The molecule has 1 N–H and O–H groups in total. The fourth-order valence-corrected chi connectivity index (χ4v) is 3.73. The van der Waals surface area contributed by atoms with Crippen LogP contribution in [0.2, 0.25) is 0 Å². The first-order valence-corrected chi connectivity index (χ1v) is 9.00. The minimum atomic E-state index is -0.326. The minimum Gasteiger partial charge on any atom is -0.494 e. The first kappa shape index (κ1) is 16.1. The van der Waals surface area contributed by atoms with E-state index in [9.17, 15) is 9.59 Å². The number of ether oxygens (including phenoxy) is 1. The molecule has 0 aromatic heterocycles. The molecule has 1 aliphatic carbocycles. The first-order valence-electron chi connectivity index (χ1n) is 8.18. The van der Waals surface area contributed by atoms with Crippen molar-refractivity contribution in [3.05, 3.63) is 34.7 Å². The average Bonchev–Trinajstić information content (AvgIpc) is 2.88. The van der Waals surface area contributed by atoms with E-state index in [1.165, 1.54) is 32.1 Å². The second kappa shape index (κ2) is 7.68. The Morgan fingerprint density at radius 2 is 1.87 bits per heavy atom. The smallest absolute Gasteiger partial charge is 0.290 e. The van der Waals surface area contributed by atoms with Gasteiger partial charge < -0.3 is 4.74 Å². The van der Waals surface area contributed by atoms with E-state index in [1.807, 2.05) is 24.3 Å². The van der Waals surface area contributed by atoms with E-state index in [4.69, 9.17) is 4.74 Å². The molecule has 23 heavy (non-hydrogen) atoms. The molecule has 2 fully saturated rings. The van der Waals surface area contributed by atoms with E-state index >= 15 is 0 Å². The number of carbonyl (C=O) groups is 2. The van der Waals surface area contributed by atoms with E-state index < -0.39 is 0 Å². The maximum Gasteiger partial charge on any atom is 0.290 e. The van der Waals surface area contributed by atoms with Crippen LogP contribution < -0.4 is 10.1 Å². The Labute approximate surface area is 140 Å². The van der Waals surface area contributed by atoms with Crippen LogP contribution in [-0.4, -0.2) is 17.8 Å². The summed E-state index contributed by atoms with van der Waals surface area (Å²) in [6.45, 7) is 0.762. The third-order valence-electron chi connectivity index (χ3n) is 4.34. The van der Waals surface area contributed by atoms with Crippen LogP contribution in [0.5, 0.6) is 5.75 Å². The average molecular weight is 331 g/mol. The van der Waals surface area contributed by atoms with Gasteiger partial charge in [0.1, 0.15) is 5.75 Å². The van der Waals surface area contributed by atoms with E-state index in [0.717, 1.165) is 42.0 Å². The third-order valence-corrected chi connectivity index (χ3v) is 5.15. The van der Waals surface area contributed by atoms with Gasteiger partial charge in [-0.15, -0.1) is 0 Å². The van der Waals surface area contributed by atoms with E-state index in [0.29, 0.717) is 4.91 Å². The number of amides is 2. The van der Waals surface area contributed by atoms with Crippen molar-refractivity contribution in [3.63, 3.8) is 0 Å². The number of hydrogen-bond acceptors (Lipinski definition) is 4. The predicted molar refractivity (Wildman–Crippen MR) is 92.2 cm³/mol. The molecular formula is C18H21NO3S. The molecule has 1 aromatic carbocycles. The number of benzene rings is 1. The number of carbonyl (C=O) groups excluding carboxylic acids is 2. The van der Waals surface area contributed by atoms with Crippen molar-refractivity contribution >= 4 is 29.0 Å². The van der Waals surface area contributed by atoms with E-state index in [1.54, 1.807) is 6.08 Å². The Balaban J connectivity index is 1.50. The van der Waals surface area contributed by atoms with Gasteiger partial charge in [0.15, 0.2) is 0 Å². The number of nitrogens with one attached hydrogen (secondary N) is 1. The zero-order chi connectivity index (χ0) is 16.1. The number of hydrogen-bond donors (Lipinski definition) is 1. The van der Waals surface area contributed by atoms with Gasteiger partial charge in [-0.05, 0) is 47.9 Å². The molecule has 1 heterocycles. The molecule has 0 spiro atoms. The van der Waals surface area contributed by atoms with Crippen LogP contribution in [0.1, 0.15) is 44.1 Å². The van der Waals surface area contributed by atoms with Crippen molar-refractivity contribution < 1.29 is 14.3 Å². The van der Waals surface area contributed by atoms with Gasteiger partial charge >= 0.3 is 0 Å². The van der Waals surface area contributed by atoms with Gasteiger partial charge in [-0.3, -0.25) is 14.9 Å². The Hall–Kier alpha value is -1.75. The Bertz CT molecular complexity index is 603. The molecule has 3 rings (SSSR count). The van der Waals surface area contributed by atoms with Crippen LogP contribution in [0.25, 0.3) is 6.08 Å². The predicted octanol–water partition coefficient (Wildman–Crippen LogP) is 4.36. The monoisotopic (exact) mass is 331 g/mol. The van der Waals surface area contributed by atoms with E-state index in [-0.39, 0.29) is 11.1 Å². The summed E-state index contributed by atoms with van der Waals surface area (Å²) in [7, 11) is 0. The molecule has 0 atom stereocenters. The first-order chi connectivity index (χ1) is 11.2. The normalized spacial score (nSPS) is 20.8.